The summed E-state index contributed by atoms with van der Waals surface area (Å²) in [6, 6.07) is 4.26. The fourth-order valence-corrected chi connectivity index (χ4v) is 1.72. The number of anilines is 2. The number of pyridine rings is 1. The van der Waals surface area contributed by atoms with Crippen LogP contribution in [0.15, 0.2) is 24.5 Å². The lowest BCUT2D eigenvalue weighted by Gasteiger charge is -2.18. The molecule has 0 aliphatic rings. The number of rotatable bonds is 7. The Morgan fingerprint density at radius 1 is 1.29 bits per heavy atom. The van der Waals surface area contributed by atoms with Gasteiger partial charge in [0.05, 0.1) is 6.61 Å². The lowest BCUT2D eigenvalue weighted by molar-refractivity contribution is 0.292. The summed E-state index contributed by atoms with van der Waals surface area (Å²) in [5.41, 5.74) is 1.09. The van der Waals surface area contributed by atoms with Crippen molar-refractivity contribution in [3.05, 3.63) is 30.1 Å². The van der Waals surface area contributed by atoms with Gasteiger partial charge in [0.25, 0.3) is 0 Å². The first-order valence-corrected chi connectivity index (χ1v) is 6.89. The number of nitrogens with one attached hydrogen (secondary N) is 1. The van der Waals surface area contributed by atoms with E-state index in [0.29, 0.717) is 31.1 Å². The van der Waals surface area contributed by atoms with Gasteiger partial charge < -0.3 is 15.0 Å². The molecule has 0 aliphatic carbocycles. The van der Waals surface area contributed by atoms with Crippen LogP contribution >= 0.6 is 0 Å². The molecule has 0 spiro atoms. The lowest BCUT2D eigenvalue weighted by atomic mass is 10.3. The van der Waals surface area contributed by atoms with Gasteiger partial charge in [0, 0.05) is 33.0 Å². The fraction of sp³-hybridized carbons (Fsp3) is 0.429. The van der Waals surface area contributed by atoms with Crippen LogP contribution in [0.5, 0.6) is 6.01 Å². The SMILES string of the molecule is CCCOc1nc(NC)nc(N(C)Cc2cccnc2)n1. The Morgan fingerprint density at radius 2 is 2.14 bits per heavy atom. The first-order valence-electron chi connectivity index (χ1n) is 6.89. The molecule has 7 heteroatoms. The predicted molar refractivity (Wildman–Crippen MR) is 81.5 cm³/mol. The molecule has 0 aliphatic heterocycles. The molecule has 2 rings (SSSR count). The van der Waals surface area contributed by atoms with E-state index in [2.05, 4.69) is 25.3 Å². The highest BCUT2D eigenvalue weighted by atomic mass is 16.5. The minimum Gasteiger partial charge on any atom is -0.463 e. The summed E-state index contributed by atoms with van der Waals surface area (Å²) in [6.45, 7) is 3.28. The van der Waals surface area contributed by atoms with E-state index in [-0.39, 0.29) is 0 Å². The Balaban J connectivity index is 2.16. The summed E-state index contributed by atoms with van der Waals surface area (Å²) in [6.07, 6.45) is 4.48. The van der Waals surface area contributed by atoms with E-state index in [1.807, 2.05) is 37.2 Å². The van der Waals surface area contributed by atoms with Crippen LogP contribution in [-0.2, 0) is 6.54 Å². The van der Waals surface area contributed by atoms with Crippen molar-refractivity contribution in [1.82, 2.24) is 19.9 Å². The van der Waals surface area contributed by atoms with Crippen LogP contribution in [0.1, 0.15) is 18.9 Å². The molecule has 1 N–H and O–H groups in total. The molecule has 0 radical (unpaired) electrons. The molecule has 0 atom stereocenters. The summed E-state index contributed by atoms with van der Waals surface area (Å²) < 4.78 is 5.50. The Labute approximate surface area is 124 Å². The smallest absolute Gasteiger partial charge is 0.323 e. The maximum Gasteiger partial charge on any atom is 0.323 e. The van der Waals surface area contributed by atoms with E-state index in [0.717, 1.165) is 12.0 Å². The standard InChI is InChI=1S/C14H20N6O/c1-4-8-21-14-18-12(15-2)17-13(19-14)20(3)10-11-6-5-7-16-9-11/h5-7,9H,4,8,10H2,1-3H3,(H,15,17,18,19). The van der Waals surface area contributed by atoms with Crippen molar-refractivity contribution < 1.29 is 4.74 Å². The van der Waals surface area contributed by atoms with Crippen molar-refractivity contribution in [2.24, 2.45) is 0 Å². The Hall–Kier alpha value is -2.44. The van der Waals surface area contributed by atoms with E-state index in [9.17, 15) is 0 Å². The van der Waals surface area contributed by atoms with E-state index in [4.69, 9.17) is 4.74 Å². The summed E-state index contributed by atoms with van der Waals surface area (Å²) >= 11 is 0. The molecule has 0 unspecified atom stereocenters. The zero-order valence-corrected chi connectivity index (χ0v) is 12.6. The molecule has 0 aromatic carbocycles. The second-order valence-electron chi connectivity index (χ2n) is 4.56. The maximum absolute atomic E-state index is 5.50. The number of ether oxygens (including phenoxy) is 1. The summed E-state index contributed by atoms with van der Waals surface area (Å²) in [5.74, 6) is 1.05. The second-order valence-corrected chi connectivity index (χ2v) is 4.56. The summed E-state index contributed by atoms with van der Waals surface area (Å²) in [5, 5.41) is 2.92. The molecule has 0 saturated carbocycles. The first kappa shape index (κ1) is 15.0. The molecule has 2 heterocycles. The Bertz CT molecular complexity index is 563. The zero-order valence-electron chi connectivity index (χ0n) is 12.6. The molecule has 2 aromatic heterocycles. The normalized spacial score (nSPS) is 10.2. The Kier molecular flexibility index (Phi) is 5.25. The molecule has 0 fully saturated rings. The van der Waals surface area contributed by atoms with Gasteiger partial charge in [0.15, 0.2) is 0 Å². The van der Waals surface area contributed by atoms with Gasteiger partial charge in [-0.15, -0.1) is 0 Å². The Morgan fingerprint density at radius 3 is 2.81 bits per heavy atom. The quantitative estimate of drug-likeness (QED) is 0.831. The van der Waals surface area contributed by atoms with E-state index in [1.54, 1.807) is 13.2 Å². The molecule has 0 saturated heterocycles. The number of nitrogens with zero attached hydrogens (tertiary/aromatic N) is 5. The van der Waals surface area contributed by atoms with E-state index in [1.165, 1.54) is 0 Å². The zero-order chi connectivity index (χ0) is 15.1. The predicted octanol–water partition coefficient (Wildman–Crippen LogP) is 1.73. The minimum atomic E-state index is 0.337. The molecular formula is C14H20N6O. The molecule has 112 valence electrons. The van der Waals surface area contributed by atoms with Crippen LogP contribution in [0.2, 0.25) is 0 Å². The van der Waals surface area contributed by atoms with Crippen molar-refractivity contribution in [2.75, 3.05) is 30.9 Å². The molecule has 7 nitrogen and oxygen atoms in total. The van der Waals surface area contributed by atoms with E-state index < -0.39 is 0 Å². The number of hydrogen-bond donors (Lipinski definition) is 1. The highest BCUT2D eigenvalue weighted by Gasteiger charge is 2.11. The largest absolute Gasteiger partial charge is 0.463 e. The van der Waals surface area contributed by atoms with Crippen molar-refractivity contribution in [1.29, 1.82) is 0 Å². The molecular weight excluding hydrogens is 268 g/mol. The lowest BCUT2D eigenvalue weighted by Crippen LogP contribution is -2.20. The molecule has 2 aromatic rings. The van der Waals surface area contributed by atoms with Crippen molar-refractivity contribution in [3.8, 4) is 6.01 Å². The molecule has 0 bridgehead atoms. The summed E-state index contributed by atoms with van der Waals surface area (Å²) in [7, 11) is 3.69. The molecule has 0 amide bonds. The first-order chi connectivity index (χ1) is 10.2. The van der Waals surface area contributed by atoms with Crippen LogP contribution in [0.3, 0.4) is 0 Å². The van der Waals surface area contributed by atoms with E-state index >= 15 is 0 Å². The highest BCUT2D eigenvalue weighted by Crippen LogP contribution is 2.15. The van der Waals surface area contributed by atoms with Crippen molar-refractivity contribution >= 4 is 11.9 Å². The third kappa shape index (κ3) is 4.27. The van der Waals surface area contributed by atoms with Gasteiger partial charge >= 0.3 is 6.01 Å². The van der Waals surface area contributed by atoms with Gasteiger partial charge in [-0.25, -0.2) is 0 Å². The van der Waals surface area contributed by atoms with Gasteiger partial charge in [0.2, 0.25) is 11.9 Å². The van der Waals surface area contributed by atoms with Gasteiger partial charge in [0.1, 0.15) is 0 Å². The third-order valence-corrected chi connectivity index (χ3v) is 2.75. The van der Waals surface area contributed by atoms with Gasteiger partial charge in [-0.2, -0.15) is 15.0 Å². The monoisotopic (exact) mass is 288 g/mol. The van der Waals surface area contributed by atoms with Gasteiger partial charge in [-0.05, 0) is 18.1 Å². The second kappa shape index (κ2) is 7.37. The third-order valence-electron chi connectivity index (χ3n) is 2.75. The maximum atomic E-state index is 5.50. The average molecular weight is 288 g/mol. The minimum absolute atomic E-state index is 0.337. The average Bonchev–Trinajstić information content (AvgIpc) is 2.53. The van der Waals surface area contributed by atoms with Crippen LogP contribution in [-0.4, -0.2) is 40.6 Å². The van der Waals surface area contributed by atoms with Crippen LogP contribution in [0.25, 0.3) is 0 Å². The van der Waals surface area contributed by atoms with Crippen LogP contribution in [0.4, 0.5) is 11.9 Å². The van der Waals surface area contributed by atoms with Crippen molar-refractivity contribution in [2.45, 2.75) is 19.9 Å². The topological polar surface area (TPSA) is 76.1 Å². The molecule has 21 heavy (non-hydrogen) atoms. The number of aromatic nitrogens is 4. The van der Waals surface area contributed by atoms with Crippen LogP contribution < -0.4 is 15.0 Å². The highest BCUT2D eigenvalue weighted by molar-refractivity contribution is 5.38. The summed E-state index contributed by atoms with van der Waals surface area (Å²) in [4.78, 5) is 18.9. The van der Waals surface area contributed by atoms with Crippen LogP contribution in [0, 0.1) is 0 Å². The van der Waals surface area contributed by atoms with Gasteiger partial charge in [-0.1, -0.05) is 13.0 Å². The number of hydrogen-bond acceptors (Lipinski definition) is 7. The van der Waals surface area contributed by atoms with Crippen molar-refractivity contribution in [3.63, 3.8) is 0 Å². The van der Waals surface area contributed by atoms with Gasteiger partial charge in [-0.3, -0.25) is 4.98 Å². The fourth-order valence-electron chi connectivity index (χ4n) is 1.72.